The maximum Gasteiger partial charge on any atom is 0.271 e. The highest BCUT2D eigenvalue weighted by molar-refractivity contribution is 5.93. The van der Waals surface area contributed by atoms with Gasteiger partial charge in [0.2, 0.25) is 5.91 Å². The standard InChI is InChI=1S/C20H25N5O2/c26-19(21-15-4-2-1-3-5-15)13-25-10-8-16(9-11-25)22-20(27)18-12-17(23-24-18)14-6-7-14/h1-5,12,14,16H,6-11,13H2,(H,21,26)(H,22,27)(H,23,24). The second-order valence-corrected chi connectivity index (χ2v) is 7.42. The molecule has 1 aromatic heterocycles. The Morgan fingerprint density at radius 2 is 1.85 bits per heavy atom. The van der Waals surface area contributed by atoms with E-state index in [0.717, 1.165) is 37.3 Å². The van der Waals surface area contributed by atoms with E-state index in [1.54, 1.807) is 0 Å². The fourth-order valence-corrected chi connectivity index (χ4v) is 3.48. The summed E-state index contributed by atoms with van der Waals surface area (Å²) in [6, 6.07) is 11.5. The third-order valence-electron chi connectivity index (χ3n) is 5.20. The molecule has 0 spiro atoms. The molecule has 1 aliphatic heterocycles. The van der Waals surface area contributed by atoms with Gasteiger partial charge in [0, 0.05) is 36.4 Å². The zero-order valence-electron chi connectivity index (χ0n) is 15.3. The minimum absolute atomic E-state index is 0.00665. The molecule has 142 valence electrons. The summed E-state index contributed by atoms with van der Waals surface area (Å²) < 4.78 is 0. The Labute approximate surface area is 158 Å². The number of piperidine rings is 1. The van der Waals surface area contributed by atoms with Gasteiger partial charge in [0.15, 0.2) is 0 Å². The summed E-state index contributed by atoms with van der Waals surface area (Å²) in [5.41, 5.74) is 2.36. The zero-order valence-corrected chi connectivity index (χ0v) is 15.3. The first-order valence-corrected chi connectivity index (χ1v) is 9.61. The van der Waals surface area contributed by atoms with Crippen LogP contribution in [0.3, 0.4) is 0 Å². The average Bonchev–Trinajstić information content (AvgIpc) is 3.40. The van der Waals surface area contributed by atoms with Crippen molar-refractivity contribution in [1.82, 2.24) is 20.4 Å². The van der Waals surface area contributed by atoms with Gasteiger partial charge >= 0.3 is 0 Å². The molecule has 1 aromatic carbocycles. The van der Waals surface area contributed by atoms with Gasteiger partial charge in [-0.25, -0.2) is 0 Å². The number of rotatable bonds is 6. The first-order chi connectivity index (χ1) is 13.2. The second-order valence-electron chi connectivity index (χ2n) is 7.42. The molecule has 7 nitrogen and oxygen atoms in total. The van der Waals surface area contributed by atoms with Gasteiger partial charge < -0.3 is 10.6 Å². The van der Waals surface area contributed by atoms with Gasteiger partial charge in [0.1, 0.15) is 5.69 Å². The number of benzene rings is 1. The average molecular weight is 367 g/mol. The number of para-hydroxylation sites is 1. The summed E-state index contributed by atoms with van der Waals surface area (Å²) in [6.45, 7) is 1.96. The van der Waals surface area contributed by atoms with E-state index < -0.39 is 0 Å². The number of hydrogen-bond acceptors (Lipinski definition) is 4. The van der Waals surface area contributed by atoms with Gasteiger partial charge in [-0.1, -0.05) is 18.2 Å². The normalized spacial score (nSPS) is 18.2. The number of nitrogens with zero attached hydrogens (tertiary/aromatic N) is 2. The number of aromatic nitrogens is 2. The van der Waals surface area contributed by atoms with E-state index in [1.807, 2.05) is 36.4 Å². The Balaban J connectivity index is 1.20. The van der Waals surface area contributed by atoms with Crippen LogP contribution in [-0.4, -0.2) is 52.6 Å². The molecule has 2 aromatic rings. The number of H-pyrrole nitrogens is 1. The smallest absolute Gasteiger partial charge is 0.271 e. The van der Waals surface area contributed by atoms with E-state index in [0.29, 0.717) is 18.2 Å². The lowest BCUT2D eigenvalue weighted by Gasteiger charge is -2.31. The molecule has 2 aliphatic rings. The van der Waals surface area contributed by atoms with E-state index >= 15 is 0 Å². The van der Waals surface area contributed by atoms with Gasteiger partial charge in [0.05, 0.1) is 6.54 Å². The molecule has 2 amide bonds. The molecule has 2 heterocycles. The van der Waals surface area contributed by atoms with E-state index in [9.17, 15) is 9.59 Å². The summed E-state index contributed by atoms with van der Waals surface area (Å²) in [5, 5.41) is 13.1. The van der Waals surface area contributed by atoms with Crippen molar-refractivity contribution in [3.05, 3.63) is 47.8 Å². The van der Waals surface area contributed by atoms with Crippen LogP contribution in [0.5, 0.6) is 0 Å². The maximum absolute atomic E-state index is 12.4. The summed E-state index contributed by atoms with van der Waals surface area (Å²) in [4.78, 5) is 26.6. The van der Waals surface area contributed by atoms with Crippen LogP contribution in [0.15, 0.2) is 36.4 Å². The van der Waals surface area contributed by atoms with Crippen molar-refractivity contribution in [3.63, 3.8) is 0 Å². The number of carbonyl (C=O) groups is 2. The number of carbonyl (C=O) groups excluding carboxylic acids is 2. The molecule has 0 atom stereocenters. The van der Waals surface area contributed by atoms with E-state index in [4.69, 9.17) is 0 Å². The molecule has 0 bridgehead atoms. The fourth-order valence-electron chi connectivity index (χ4n) is 3.48. The minimum Gasteiger partial charge on any atom is -0.348 e. The highest BCUT2D eigenvalue weighted by Gasteiger charge is 2.27. The maximum atomic E-state index is 12.4. The third kappa shape index (κ3) is 4.74. The molecule has 27 heavy (non-hydrogen) atoms. The van der Waals surface area contributed by atoms with Crippen LogP contribution in [0.2, 0.25) is 0 Å². The summed E-state index contributed by atoms with van der Waals surface area (Å²) in [7, 11) is 0. The second kappa shape index (κ2) is 7.92. The predicted molar refractivity (Wildman–Crippen MR) is 103 cm³/mol. The van der Waals surface area contributed by atoms with Crippen LogP contribution in [0.4, 0.5) is 5.69 Å². The molecule has 2 fully saturated rings. The monoisotopic (exact) mass is 367 g/mol. The first-order valence-electron chi connectivity index (χ1n) is 9.61. The van der Waals surface area contributed by atoms with Crippen molar-refractivity contribution in [2.24, 2.45) is 0 Å². The Bertz CT molecular complexity index is 792. The SMILES string of the molecule is O=C(CN1CCC(NC(=O)c2cc(C3CC3)[nH]n2)CC1)Nc1ccccc1. The van der Waals surface area contributed by atoms with Gasteiger partial charge in [-0.2, -0.15) is 5.10 Å². The lowest BCUT2D eigenvalue weighted by molar-refractivity contribution is -0.117. The summed E-state index contributed by atoms with van der Waals surface area (Å²) >= 11 is 0. The molecule has 4 rings (SSSR count). The van der Waals surface area contributed by atoms with E-state index in [2.05, 4.69) is 25.7 Å². The third-order valence-corrected chi connectivity index (χ3v) is 5.20. The van der Waals surface area contributed by atoms with Crippen molar-refractivity contribution < 1.29 is 9.59 Å². The molecule has 3 N–H and O–H groups in total. The van der Waals surface area contributed by atoms with Crippen molar-refractivity contribution >= 4 is 17.5 Å². The molecule has 0 unspecified atom stereocenters. The lowest BCUT2D eigenvalue weighted by atomic mass is 10.0. The van der Waals surface area contributed by atoms with Crippen LogP contribution < -0.4 is 10.6 Å². The first kappa shape index (κ1) is 17.7. The topological polar surface area (TPSA) is 90.1 Å². The number of aromatic amines is 1. The Hall–Kier alpha value is -2.67. The molecule has 1 aliphatic carbocycles. The van der Waals surface area contributed by atoms with Gasteiger partial charge in [-0.3, -0.25) is 19.6 Å². The number of likely N-dealkylation sites (tertiary alicyclic amines) is 1. The van der Waals surface area contributed by atoms with Crippen molar-refractivity contribution in [3.8, 4) is 0 Å². The quantitative estimate of drug-likeness (QED) is 0.729. The number of amides is 2. The fraction of sp³-hybridized carbons (Fsp3) is 0.450. The Kier molecular flexibility index (Phi) is 5.20. The highest BCUT2D eigenvalue weighted by Crippen LogP contribution is 2.38. The van der Waals surface area contributed by atoms with Crippen molar-refractivity contribution in [2.45, 2.75) is 37.6 Å². The molecule has 1 saturated heterocycles. The molecule has 0 radical (unpaired) electrons. The van der Waals surface area contributed by atoms with Crippen LogP contribution in [-0.2, 0) is 4.79 Å². The van der Waals surface area contributed by atoms with Crippen molar-refractivity contribution in [2.75, 3.05) is 25.0 Å². The largest absolute Gasteiger partial charge is 0.348 e. The minimum atomic E-state index is -0.113. The molecule has 1 saturated carbocycles. The number of anilines is 1. The predicted octanol–water partition coefficient (Wildman–Crippen LogP) is 2.12. The van der Waals surface area contributed by atoms with Crippen LogP contribution in [0.25, 0.3) is 0 Å². The van der Waals surface area contributed by atoms with Crippen LogP contribution in [0.1, 0.15) is 47.8 Å². The van der Waals surface area contributed by atoms with E-state index in [-0.39, 0.29) is 17.9 Å². The van der Waals surface area contributed by atoms with E-state index in [1.165, 1.54) is 12.8 Å². The number of hydrogen-bond donors (Lipinski definition) is 3. The van der Waals surface area contributed by atoms with Crippen molar-refractivity contribution in [1.29, 1.82) is 0 Å². The highest BCUT2D eigenvalue weighted by atomic mass is 16.2. The number of nitrogens with one attached hydrogen (secondary N) is 3. The van der Waals surface area contributed by atoms with Gasteiger partial charge in [0.25, 0.3) is 5.91 Å². The van der Waals surface area contributed by atoms with Crippen LogP contribution in [0, 0.1) is 0 Å². The molecular weight excluding hydrogens is 342 g/mol. The molecular formula is C20H25N5O2. The summed E-state index contributed by atoms with van der Waals surface area (Å²) in [6.07, 6.45) is 4.04. The lowest BCUT2D eigenvalue weighted by Crippen LogP contribution is -2.46. The Morgan fingerprint density at radius 1 is 1.11 bits per heavy atom. The van der Waals surface area contributed by atoms with Gasteiger partial charge in [-0.05, 0) is 43.9 Å². The van der Waals surface area contributed by atoms with Crippen LogP contribution >= 0.6 is 0 Å². The molecule has 7 heteroatoms. The summed E-state index contributed by atoms with van der Waals surface area (Å²) in [5.74, 6) is 0.440. The zero-order chi connectivity index (χ0) is 18.6. The van der Waals surface area contributed by atoms with Gasteiger partial charge in [-0.15, -0.1) is 0 Å². The Morgan fingerprint density at radius 3 is 2.56 bits per heavy atom.